The Morgan fingerprint density at radius 3 is 2.72 bits per heavy atom. The third-order valence-electron chi connectivity index (χ3n) is 7.60. The minimum Gasteiger partial charge on any atom is -0.454 e. The summed E-state index contributed by atoms with van der Waals surface area (Å²) in [7, 11) is 0. The summed E-state index contributed by atoms with van der Waals surface area (Å²) < 4.78 is 12.9. The van der Waals surface area contributed by atoms with E-state index < -0.39 is 11.6 Å². The Kier molecular flexibility index (Phi) is 5.14. The van der Waals surface area contributed by atoms with Crippen molar-refractivity contribution in [2.75, 3.05) is 13.3 Å². The SMILES string of the molecule is Cc1cc(C(=O)CN2C(=O)N[C@@]3(CCCc4ccccc43)C2=O)c(C)n1Cc1ccc2c(c1)OCO2. The molecule has 6 rings (SSSR count). The number of amides is 3. The molecular formula is C28H27N3O5. The van der Waals surface area contributed by atoms with Crippen LogP contribution < -0.4 is 14.8 Å². The number of carbonyl (C=O) groups is 3. The second kappa shape index (κ2) is 8.26. The Hall–Kier alpha value is -4.07. The van der Waals surface area contributed by atoms with Gasteiger partial charge in [-0.2, -0.15) is 0 Å². The number of aromatic nitrogens is 1. The van der Waals surface area contributed by atoms with Crippen LogP contribution in [-0.4, -0.2) is 40.5 Å². The lowest BCUT2D eigenvalue weighted by Gasteiger charge is -2.33. The number of ketones is 1. The van der Waals surface area contributed by atoms with Crippen molar-refractivity contribution in [2.45, 2.75) is 45.2 Å². The number of imide groups is 1. The van der Waals surface area contributed by atoms with E-state index in [-0.39, 0.29) is 25.0 Å². The summed E-state index contributed by atoms with van der Waals surface area (Å²) in [6.45, 7) is 4.32. The summed E-state index contributed by atoms with van der Waals surface area (Å²) in [4.78, 5) is 41.0. The number of fused-ring (bicyclic) bond motifs is 3. The second-order valence-electron chi connectivity index (χ2n) is 9.72. The van der Waals surface area contributed by atoms with Gasteiger partial charge >= 0.3 is 6.03 Å². The normalized spacial score (nSPS) is 20.1. The van der Waals surface area contributed by atoms with Gasteiger partial charge in [-0.3, -0.25) is 14.5 Å². The fourth-order valence-corrected chi connectivity index (χ4v) is 5.73. The third kappa shape index (κ3) is 3.39. The number of ether oxygens (including phenoxy) is 2. The zero-order chi connectivity index (χ0) is 25.0. The molecule has 3 amide bonds. The molecule has 8 heteroatoms. The van der Waals surface area contributed by atoms with Gasteiger partial charge in [-0.25, -0.2) is 4.79 Å². The van der Waals surface area contributed by atoms with Gasteiger partial charge in [-0.05, 0) is 68.0 Å². The van der Waals surface area contributed by atoms with Crippen LogP contribution in [0.4, 0.5) is 4.79 Å². The lowest BCUT2D eigenvalue weighted by molar-refractivity contribution is -0.131. The van der Waals surface area contributed by atoms with E-state index in [1.807, 2.05) is 62.4 Å². The Morgan fingerprint density at radius 1 is 1.06 bits per heavy atom. The van der Waals surface area contributed by atoms with E-state index >= 15 is 0 Å². The molecule has 1 N–H and O–H groups in total. The predicted octanol–water partition coefficient (Wildman–Crippen LogP) is 3.85. The van der Waals surface area contributed by atoms with Gasteiger partial charge in [-0.1, -0.05) is 30.3 Å². The van der Waals surface area contributed by atoms with Crippen LogP contribution in [0, 0.1) is 13.8 Å². The number of nitrogens with one attached hydrogen (secondary N) is 1. The molecule has 0 radical (unpaired) electrons. The van der Waals surface area contributed by atoms with E-state index in [9.17, 15) is 14.4 Å². The van der Waals surface area contributed by atoms with Crippen LogP contribution in [0.15, 0.2) is 48.5 Å². The number of urea groups is 1. The Labute approximate surface area is 208 Å². The first-order valence-corrected chi connectivity index (χ1v) is 12.2. The summed E-state index contributed by atoms with van der Waals surface area (Å²) in [6.07, 6.45) is 2.20. The summed E-state index contributed by atoms with van der Waals surface area (Å²) in [6, 6.07) is 14.8. The fraction of sp³-hybridized carbons (Fsp3) is 0.321. The summed E-state index contributed by atoms with van der Waals surface area (Å²) in [5.74, 6) is 0.831. The highest BCUT2D eigenvalue weighted by atomic mass is 16.7. The Balaban J connectivity index is 1.24. The Bertz CT molecular complexity index is 1420. The molecule has 2 aromatic carbocycles. The number of hydrogen-bond acceptors (Lipinski definition) is 5. The van der Waals surface area contributed by atoms with Crippen LogP contribution in [0.25, 0.3) is 0 Å². The van der Waals surface area contributed by atoms with E-state index in [0.29, 0.717) is 24.3 Å². The largest absolute Gasteiger partial charge is 0.454 e. The molecule has 8 nitrogen and oxygen atoms in total. The lowest BCUT2D eigenvalue weighted by Crippen LogP contribution is -2.46. The fourth-order valence-electron chi connectivity index (χ4n) is 5.73. The molecule has 36 heavy (non-hydrogen) atoms. The number of hydrogen-bond donors (Lipinski definition) is 1. The first-order chi connectivity index (χ1) is 17.4. The molecule has 1 fully saturated rings. The van der Waals surface area contributed by atoms with Crippen molar-refractivity contribution in [2.24, 2.45) is 0 Å². The van der Waals surface area contributed by atoms with Gasteiger partial charge in [0.15, 0.2) is 17.3 Å². The molecule has 0 unspecified atom stereocenters. The van der Waals surface area contributed by atoms with Crippen LogP contribution in [0.3, 0.4) is 0 Å². The van der Waals surface area contributed by atoms with Gasteiger partial charge < -0.3 is 19.4 Å². The van der Waals surface area contributed by atoms with Gasteiger partial charge in [0.2, 0.25) is 6.79 Å². The molecule has 3 heterocycles. The lowest BCUT2D eigenvalue weighted by atomic mass is 9.76. The molecule has 1 spiro atoms. The maximum atomic E-state index is 13.6. The molecule has 0 saturated carbocycles. The van der Waals surface area contributed by atoms with Crippen molar-refractivity contribution in [3.63, 3.8) is 0 Å². The van der Waals surface area contributed by atoms with Crippen LogP contribution in [0.5, 0.6) is 11.5 Å². The quantitative estimate of drug-likeness (QED) is 0.438. The number of benzene rings is 2. The molecule has 184 valence electrons. The van der Waals surface area contributed by atoms with Crippen molar-refractivity contribution >= 4 is 17.7 Å². The van der Waals surface area contributed by atoms with E-state index in [2.05, 4.69) is 9.88 Å². The highest BCUT2D eigenvalue weighted by Gasteiger charge is 2.54. The van der Waals surface area contributed by atoms with Crippen LogP contribution >= 0.6 is 0 Å². The van der Waals surface area contributed by atoms with Crippen molar-refractivity contribution in [3.8, 4) is 11.5 Å². The van der Waals surface area contributed by atoms with Gasteiger partial charge in [0, 0.05) is 23.5 Å². The van der Waals surface area contributed by atoms with E-state index in [1.54, 1.807) is 0 Å². The minimum absolute atomic E-state index is 0.217. The molecule has 0 bridgehead atoms. The summed E-state index contributed by atoms with van der Waals surface area (Å²) in [5, 5.41) is 2.92. The van der Waals surface area contributed by atoms with Gasteiger partial charge in [0.1, 0.15) is 5.54 Å². The topological polar surface area (TPSA) is 89.9 Å². The number of rotatable bonds is 5. The van der Waals surface area contributed by atoms with Gasteiger partial charge in [0.05, 0.1) is 6.54 Å². The van der Waals surface area contributed by atoms with Crippen molar-refractivity contribution in [3.05, 3.63) is 82.2 Å². The Morgan fingerprint density at radius 2 is 1.86 bits per heavy atom. The molecule has 1 aromatic heterocycles. The number of carbonyl (C=O) groups excluding carboxylic acids is 3. The van der Waals surface area contributed by atoms with Crippen molar-refractivity contribution in [1.82, 2.24) is 14.8 Å². The second-order valence-corrected chi connectivity index (χ2v) is 9.72. The number of Topliss-reactive ketones (excluding diaryl/α,β-unsaturated/α-hetero) is 1. The molecule has 3 aliphatic rings. The van der Waals surface area contributed by atoms with Gasteiger partial charge in [0.25, 0.3) is 5.91 Å². The van der Waals surface area contributed by atoms with E-state index in [4.69, 9.17) is 9.47 Å². The number of nitrogens with zero attached hydrogens (tertiary/aromatic N) is 2. The molecular weight excluding hydrogens is 458 g/mol. The maximum absolute atomic E-state index is 13.6. The highest BCUT2D eigenvalue weighted by Crippen LogP contribution is 2.40. The van der Waals surface area contributed by atoms with Crippen molar-refractivity contribution < 1.29 is 23.9 Å². The first kappa shape index (κ1) is 22.4. The summed E-state index contributed by atoms with van der Waals surface area (Å²) in [5.41, 5.74) is 4.07. The standard InChI is InChI=1S/C28H27N3O5/c1-17-12-21(18(2)30(17)14-19-9-10-24-25(13-19)36-16-35-24)23(32)15-31-26(33)28(29-27(31)34)11-5-7-20-6-3-4-8-22(20)28/h3-4,6,8-10,12-13H,5,7,11,14-16H2,1-2H3,(H,29,34)/t28-/m1/s1. The highest BCUT2D eigenvalue weighted by molar-refractivity contribution is 6.12. The smallest absolute Gasteiger partial charge is 0.325 e. The predicted molar refractivity (Wildman–Crippen MR) is 131 cm³/mol. The summed E-state index contributed by atoms with van der Waals surface area (Å²) >= 11 is 0. The average Bonchev–Trinajstić information content (AvgIpc) is 3.52. The molecule has 3 aromatic rings. The monoisotopic (exact) mass is 485 g/mol. The average molecular weight is 486 g/mol. The van der Waals surface area contributed by atoms with E-state index in [1.165, 1.54) is 0 Å². The van der Waals surface area contributed by atoms with Gasteiger partial charge in [-0.15, -0.1) is 0 Å². The van der Waals surface area contributed by atoms with Crippen LogP contribution in [0.2, 0.25) is 0 Å². The molecule has 1 aliphatic carbocycles. The molecule has 2 aliphatic heterocycles. The van der Waals surface area contributed by atoms with Crippen LogP contribution in [0.1, 0.15) is 51.3 Å². The van der Waals surface area contributed by atoms with E-state index in [0.717, 1.165) is 51.6 Å². The molecule has 1 saturated heterocycles. The zero-order valence-electron chi connectivity index (χ0n) is 20.3. The third-order valence-corrected chi connectivity index (χ3v) is 7.60. The van der Waals surface area contributed by atoms with Crippen molar-refractivity contribution in [1.29, 1.82) is 0 Å². The first-order valence-electron chi connectivity index (χ1n) is 12.2. The zero-order valence-corrected chi connectivity index (χ0v) is 20.3. The maximum Gasteiger partial charge on any atom is 0.325 e. The minimum atomic E-state index is -1.08. The number of aryl methyl sites for hydroxylation is 2. The van der Waals surface area contributed by atoms with Crippen LogP contribution in [-0.2, 0) is 23.3 Å². The molecule has 1 atom stereocenters.